The third kappa shape index (κ3) is 2.79. The van der Waals surface area contributed by atoms with E-state index in [0.717, 1.165) is 43.7 Å². The van der Waals surface area contributed by atoms with Gasteiger partial charge in [0.2, 0.25) is 0 Å². The summed E-state index contributed by atoms with van der Waals surface area (Å²) in [6.07, 6.45) is 2.83. The molecule has 2 rings (SSSR count). The van der Waals surface area contributed by atoms with Crippen LogP contribution in [0.15, 0.2) is 36.9 Å². The highest BCUT2D eigenvalue weighted by Crippen LogP contribution is 2.27. The zero-order valence-corrected chi connectivity index (χ0v) is 10.6. The van der Waals surface area contributed by atoms with Gasteiger partial charge in [-0.05, 0) is 18.1 Å². The molecule has 1 atom stereocenters. The van der Waals surface area contributed by atoms with Crippen molar-refractivity contribution in [3.8, 4) is 6.07 Å². The molecular weight excluding hydrogens is 222 g/mol. The summed E-state index contributed by atoms with van der Waals surface area (Å²) in [5.41, 5.74) is 1.91. The van der Waals surface area contributed by atoms with E-state index in [1.165, 1.54) is 0 Å². The minimum Gasteiger partial charge on any atom is -0.314 e. The van der Waals surface area contributed by atoms with Crippen LogP contribution < -0.4 is 5.32 Å². The molecule has 0 unspecified atom stereocenters. The Morgan fingerprint density at radius 2 is 2.11 bits per heavy atom. The van der Waals surface area contributed by atoms with Gasteiger partial charge >= 0.3 is 0 Å². The van der Waals surface area contributed by atoms with Crippen molar-refractivity contribution in [3.63, 3.8) is 0 Å². The maximum atomic E-state index is 9.23. The second kappa shape index (κ2) is 6.34. The molecule has 1 aliphatic rings. The smallest absolute Gasteiger partial charge is 0.0995 e. The third-order valence-corrected chi connectivity index (χ3v) is 3.42. The quantitative estimate of drug-likeness (QED) is 0.820. The van der Waals surface area contributed by atoms with E-state index in [0.29, 0.717) is 0 Å². The van der Waals surface area contributed by atoms with E-state index in [4.69, 9.17) is 0 Å². The summed E-state index contributed by atoms with van der Waals surface area (Å²) in [5, 5.41) is 12.6. The van der Waals surface area contributed by atoms with Gasteiger partial charge in [-0.15, -0.1) is 6.58 Å². The average molecular weight is 241 g/mol. The van der Waals surface area contributed by atoms with E-state index in [2.05, 4.69) is 28.9 Å². The van der Waals surface area contributed by atoms with Crippen LogP contribution >= 0.6 is 0 Å². The first-order valence-corrected chi connectivity index (χ1v) is 6.41. The van der Waals surface area contributed by atoms with Crippen molar-refractivity contribution >= 4 is 0 Å². The summed E-state index contributed by atoms with van der Waals surface area (Å²) in [7, 11) is 0. The topological polar surface area (TPSA) is 39.1 Å². The van der Waals surface area contributed by atoms with E-state index in [-0.39, 0.29) is 6.04 Å². The van der Waals surface area contributed by atoms with Crippen molar-refractivity contribution in [1.82, 2.24) is 10.2 Å². The molecule has 3 heteroatoms. The Kier molecular flexibility index (Phi) is 4.52. The summed E-state index contributed by atoms with van der Waals surface area (Å²) in [4.78, 5) is 2.44. The molecule has 0 amide bonds. The maximum Gasteiger partial charge on any atom is 0.0995 e. The van der Waals surface area contributed by atoms with Crippen molar-refractivity contribution in [3.05, 3.63) is 48.0 Å². The predicted molar refractivity (Wildman–Crippen MR) is 73.2 cm³/mol. The molecule has 0 radical (unpaired) electrons. The Hall–Kier alpha value is -1.63. The molecule has 1 N–H and O–H groups in total. The minimum atomic E-state index is 0.278. The molecule has 1 aliphatic heterocycles. The summed E-state index contributed by atoms with van der Waals surface area (Å²) in [6.45, 7) is 7.94. The van der Waals surface area contributed by atoms with Gasteiger partial charge in [-0.2, -0.15) is 5.26 Å². The Bertz CT molecular complexity index is 441. The highest BCUT2D eigenvalue weighted by Gasteiger charge is 2.22. The van der Waals surface area contributed by atoms with Crippen molar-refractivity contribution in [2.45, 2.75) is 12.5 Å². The summed E-state index contributed by atoms with van der Waals surface area (Å²) in [5.74, 6) is 0. The van der Waals surface area contributed by atoms with Crippen molar-refractivity contribution in [1.29, 1.82) is 5.26 Å². The Labute approximate surface area is 109 Å². The molecule has 0 spiro atoms. The van der Waals surface area contributed by atoms with Crippen LogP contribution in [0, 0.1) is 11.3 Å². The number of hydrogen-bond donors (Lipinski definition) is 1. The predicted octanol–water partition coefficient (Wildman–Crippen LogP) is 2.08. The van der Waals surface area contributed by atoms with Crippen molar-refractivity contribution in [2.24, 2.45) is 0 Å². The molecule has 0 bridgehead atoms. The Morgan fingerprint density at radius 1 is 1.39 bits per heavy atom. The van der Waals surface area contributed by atoms with Crippen LogP contribution in [0.4, 0.5) is 0 Å². The van der Waals surface area contributed by atoms with E-state index in [9.17, 15) is 5.26 Å². The molecule has 1 aromatic rings. The van der Waals surface area contributed by atoms with Crippen LogP contribution in [-0.2, 0) is 0 Å². The highest BCUT2D eigenvalue weighted by molar-refractivity contribution is 5.39. The molecule has 1 aromatic carbocycles. The van der Waals surface area contributed by atoms with Gasteiger partial charge < -0.3 is 5.32 Å². The van der Waals surface area contributed by atoms with Crippen LogP contribution in [0.2, 0.25) is 0 Å². The van der Waals surface area contributed by atoms with Gasteiger partial charge in [-0.1, -0.05) is 24.3 Å². The first-order valence-electron chi connectivity index (χ1n) is 6.41. The number of nitriles is 1. The lowest BCUT2D eigenvalue weighted by molar-refractivity contribution is 0.174. The van der Waals surface area contributed by atoms with Crippen LogP contribution in [0.25, 0.3) is 0 Å². The SMILES string of the molecule is C=CC[C@H](c1ccccc1C#N)N1CCNCC1. The van der Waals surface area contributed by atoms with E-state index < -0.39 is 0 Å². The van der Waals surface area contributed by atoms with Gasteiger partial charge in [0, 0.05) is 32.2 Å². The normalized spacial score (nSPS) is 17.9. The van der Waals surface area contributed by atoms with E-state index >= 15 is 0 Å². The molecule has 18 heavy (non-hydrogen) atoms. The molecule has 0 aliphatic carbocycles. The largest absolute Gasteiger partial charge is 0.314 e. The van der Waals surface area contributed by atoms with Crippen molar-refractivity contribution < 1.29 is 0 Å². The molecule has 0 aromatic heterocycles. The Morgan fingerprint density at radius 3 is 2.78 bits per heavy atom. The third-order valence-electron chi connectivity index (χ3n) is 3.42. The van der Waals surface area contributed by atoms with Gasteiger partial charge in [0.05, 0.1) is 11.6 Å². The standard InChI is InChI=1S/C15H19N3/c1-2-5-15(18-10-8-17-9-11-18)14-7-4-3-6-13(14)12-16/h2-4,6-7,15,17H,1,5,8-11H2/t15-/m1/s1. The number of piperazine rings is 1. The first-order chi connectivity index (χ1) is 8.86. The molecule has 94 valence electrons. The lowest BCUT2D eigenvalue weighted by Gasteiger charge is -2.35. The highest BCUT2D eigenvalue weighted by atomic mass is 15.2. The molecular formula is C15H19N3. The summed E-state index contributed by atoms with van der Waals surface area (Å²) < 4.78 is 0. The fourth-order valence-electron chi connectivity index (χ4n) is 2.51. The number of hydrogen-bond acceptors (Lipinski definition) is 3. The van der Waals surface area contributed by atoms with Gasteiger partial charge in [-0.3, -0.25) is 4.90 Å². The van der Waals surface area contributed by atoms with Gasteiger partial charge in [-0.25, -0.2) is 0 Å². The summed E-state index contributed by atoms with van der Waals surface area (Å²) in [6, 6.07) is 10.5. The average Bonchev–Trinajstić information content (AvgIpc) is 2.46. The van der Waals surface area contributed by atoms with Crippen LogP contribution in [0.3, 0.4) is 0 Å². The Balaban J connectivity index is 2.28. The monoisotopic (exact) mass is 241 g/mol. The molecule has 3 nitrogen and oxygen atoms in total. The van der Waals surface area contributed by atoms with Gasteiger partial charge in [0.15, 0.2) is 0 Å². The van der Waals surface area contributed by atoms with Crippen LogP contribution in [0.5, 0.6) is 0 Å². The fraction of sp³-hybridized carbons (Fsp3) is 0.400. The number of rotatable bonds is 4. The van der Waals surface area contributed by atoms with Gasteiger partial charge in [0.25, 0.3) is 0 Å². The second-order valence-electron chi connectivity index (χ2n) is 4.53. The lowest BCUT2D eigenvalue weighted by Crippen LogP contribution is -2.45. The molecule has 1 saturated heterocycles. The minimum absolute atomic E-state index is 0.278. The maximum absolute atomic E-state index is 9.23. The first kappa shape index (κ1) is 12.8. The number of nitrogens with one attached hydrogen (secondary N) is 1. The van der Waals surface area contributed by atoms with Crippen molar-refractivity contribution in [2.75, 3.05) is 26.2 Å². The zero-order valence-electron chi connectivity index (χ0n) is 10.6. The van der Waals surface area contributed by atoms with E-state index in [1.54, 1.807) is 0 Å². The van der Waals surface area contributed by atoms with Gasteiger partial charge in [0.1, 0.15) is 0 Å². The zero-order chi connectivity index (χ0) is 12.8. The van der Waals surface area contributed by atoms with Crippen LogP contribution in [0.1, 0.15) is 23.6 Å². The number of nitrogens with zero attached hydrogens (tertiary/aromatic N) is 2. The summed E-state index contributed by atoms with van der Waals surface area (Å²) >= 11 is 0. The second-order valence-corrected chi connectivity index (χ2v) is 4.53. The molecule has 0 saturated carbocycles. The van der Waals surface area contributed by atoms with E-state index in [1.807, 2.05) is 24.3 Å². The molecule has 1 fully saturated rings. The number of benzene rings is 1. The fourth-order valence-corrected chi connectivity index (χ4v) is 2.51. The van der Waals surface area contributed by atoms with Crippen LogP contribution in [-0.4, -0.2) is 31.1 Å². The molecule has 1 heterocycles. The lowest BCUT2D eigenvalue weighted by atomic mass is 9.96.